The summed E-state index contributed by atoms with van der Waals surface area (Å²) in [5, 5.41) is 3.57. The van der Waals surface area contributed by atoms with Gasteiger partial charge in [-0.1, -0.05) is 20.3 Å². The van der Waals surface area contributed by atoms with E-state index in [2.05, 4.69) is 31.1 Å². The predicted octanol–water partition coefficient (Wildman–Crippen LogP) is 3.03. The SMILES string of the molecule is CCCCN(C1CC1)C1CC(C)CCC1NC. The van der Waals surface area contributed by atoms with Gasteiger partial charge in [0.25, 0.3) is 0 Å². The molecular weight excluding hydrogens is 208 g/mol. The maximum atomic E-state index is 3.57. The molecule has 17 heavy (non-hydrogen) atoms. The van der Waals surface area contributed by atoms with Crippen LogP contribution in [0.3, 0.4) is 0 Å². The molecule has 1 N–H and O–H groups in total. The number of hydrogen-bond donors (Lipinski definition) is 1. The van der Waals surface area contributed by atoms with Gasteiger partial charge in [0.05, 0.1) is 0 Å². The fourth-order valence-electron chi connectivity index (χ4n) is 3.42. The van der Waals surface area contributed by atoms with E-state index in [0.717, 1.165) is 24.0 Å². The summed E-state index contributed by atoms with van der Waals surface area (Å²) < 4.78 is 0. The highest BCUT2D eigenvalue weighted by Gasteiger charge is 2.38. The number of unbranched alkanes of at least 4 members (excludes halogenated alkanes) is 1. The van der Waals surface area contributed by atoms with Crippen molar-refractivity contribution < 1.29 is 0 Å². The number of hydrogen-bond acceptors (Lipinski definition) is 2. The van der Waals surface area contributed by atoms with Gasteiger partial charge in [-0.2, -0.15) is 0 Å². The summed E-state index contributed by atoms with van der Waals surface area (Å²) in [4.78, 5) is 2.85. The molecule has 0 amide bonds. The van der Waals surface area contributed by atoms with Gasteiger partial charge in [-0.05, 0) is 58.0 Å². The van der Waals surface area contributed by atoms with Crippen molar-refractivity contribution in [2.45, 2.75) is 76.9 Å². The van der Waals surface area contributed by atoms with Gasteiger partial charge in [0.15, 0.2) is 0 Å². The molecule has 0 radical (unpaired) electrons. The lowest BCUT2D eigenvalue weighted by molar-refractivity contribution is 0.0953. The zero-order valence-corrected chi connectivity index (χ0v) is 11.9. The molecule has 0 aromatic carbocycles. The van der Waals surface area contributed by atoms with Crippen LogP contribution in [0.2, 0.25) is 0 Å². The van der Waals surface area contributed by atoms with Gasteiger partial charge < -0.3 is 5.32 Å². The van der Waals surface area contributed by atoms with E-state index in [-0.39, 0.29) is 0 Å². The van der Waals surface area contributed by atoms with Gasteiger partial charge in [-0.25, -0.2) is 0 Å². The van der Waals surface area contributed by atoms with Crippen molar-refractivity contribution in [1.82, 2.24) is 10.2 Å². The first-order chi connectivity index (χ1) is 8.26. The summed E-state index contributed by atoms with van der Waals surface area (Å²) in [5.41, 5.74) is 0. The minimum Gasteiger partial charge on any atom is -0.315 e. The topological polar surface area (TPSA) is 15.3 Å². The van der Waals surface area contributed by atoms with Gasteiger partial charge in [-0.15, -0.1) is 0 Å². The highest BCUT2D eigenvalue weighted by molar-refractivity contribution is 4.96. The van der Waals surface area contributed by atoms with E-state index in [1.54, 1.807) is 0 Å². The number of nitrogens with one attached hydrogen (secondary N) is 1. The summed E-state index contributed by atoms with van der Waals surface area (Å²) in [6.45, 7) is 6.07. The van der Waals surface area contributed by atoms with Crippen LogP contribution < -0.4 is 5.32 Å². The summed E-state index contributed by atoms with van der Waals surface area (Å²) in [5.74, 6) is 0.924. The maximum Gasteiger partial charge on any atom is 0.0254 e. The van der Waals surface area contributed by atoms with Crippen LogP contribution in [0.5, 0.6) is 0 Å². The number of rotatable bonds is 6. The lowest BCUT2D eigenvalue weighted by Crippen LogP contribution is -2.53. The molecule has 2 fully saturated rings. The van der Waals surface area contributed by atoms with Crippen molar-refractivity contribution in [3.63, 3.8) is 0 Å². The molecule has 0 spiro atoms. The fraction of sp³-hybridized carbons (Fsp3) is 1.00. The first-order valence-corrected chi connectivity index (χ1v) is 7.69. The van der Waals surface area contributed by atoms with Crippen LogP contribution in [0.4, 0.5) is 0 Å². The third kappa shape index (κ3) is 3.45. The van der Waals surface area contributed by atoms with Crippen LogP contribution >= 0.6 is 0 Å². The lowest BCUT2D eigenvalue weighted by atomic mass is 9.82. The van der Waals surface area contributed by atoms with Crippen molar-refractivity contribution in [2.24, 2.45) is 5.92 Å². The molecule has 0 aliphatic heterocycles. The molecule has 2 aliphatic carbocycles. The number of nitrogens with zero attached hydrogens (tertiary/aromatic N) is 1. The summed E-state index contributed by atoms with van der Waals surface area (Å²) in [6.07, 6.45) is 9.79. The normalized spacial score (nSPS) is 34.2. The number of likely N-dealkylation sites (N-methyl/N-ethyl adjacent to an activating group) is 1. The largest absolute Gasteiger partial charge is 0.315 e. The molecule has 2 heteroatoms. The molecular formula is C15H30N2. The minimum absolute atomic E-state index is 0.739. The van der Waals surface area contributed by atoms with Crippen LogP contribution in [-0.4, -0.2) is 36.6 Å². The zero-order chi connectivity index (χ0) is 12.3. The molecule has 0 aromatic rings. The van der Waals surface area contributed by atoms with Crippen LogP contribution in [0.25, 0.3) is 0 Å². The standard InChI is InChI=1S/C15H30N2/c1-4-5-10-17(13-7-8-13)15-11-12(2)6-9-14(15)16-3/h12-16H,4-11H2,1-3H3. The van der Waals surface area contributed by atoms with E-state index < -0.39 is 0 Å². The average molecular weight is 238 g/mol. The summed E-state index contributed by atoms with van der Waals surface area (Å²) in [6, 6.07) is 2.47. The van der Waals surface area contributed by atoms with Crippen molar-refractivity contribution >= 4 is 0 Å². The highest BCUT2D eigenvalue weighted by Crippen LogP contribution is 2.35. The zero-order valence-electron chi connectivity index (χ0n) is 11.9. The third-order valence-electron chi connectivity index (χ3n) is 4.66. The molecule has 0 heterocycles. The van der Waals surface area contributed by atoms with Gasteiger partial charge in [0.2, 0.25) is 0 Å². The van der Waals surface area contributed by atoms with E-state index in [0.29, 0.717) is 0 Å². The Morgan fingerprint density at radius 3 is 2.53 bits per heavy atom. The van der Waals surface area contributed by atoms with E-state index >= 15 is 0 Å². The Bertz CT molecular complexity index is 225. The molecule has 3 atom stereocenters. The Morgan fingerprint density at radius 1 is 1.18 bits per heavy atom. The fourth-order valence-corrected chi connectivity index (χ4v) is 3.42. The van der Waals surface area contributed by atoms with Crippen molar-refractivity contribution in [1.29, 1.82) is 0 Å². The second-order valence-electron chi connectivity index (χ2n) is 6.20. The van der Waals surface area contributed by atoms with Crippen molar-refractivity contribution in [2.75, 3.05) is 13.6 Å². The second-order valence-corrected chi connectivity index (χ2v) is 6.20. The first-order valence-electron chi connectivity index (χ1n) is 7.69. The Labute approximate surface area is 107 Å². The average Bonchev–Trinajstić information content (AvgIpc) is 3.14. The lowest BCUT2D eigenvalue weighted by Gasteiger charge is -2.42. The molecule has 2 saturated carbocycles. The second kappa shape index (κ2) is 6.19. The minimum atomic E-state index is 0.739. The van der Waals surface area contributed by atoms with Gasteiger partial charge in [0.1, 0.15) is 0 Å². The smallest absolute Gasteiger partial charge is 0.0254 e. The monoisotopic (exact) mass is 238 g/mol. The summed E-state index contributed by atoms with van der Waals surface area (Å²) >= 11 is 0. The Balaban J connectivity index is 1.97. The van der Waals surface area contributed by atoms with Crippen LogP contribution in [-0.2, 0) is 0 Å². The Kier molecular flexibility index (Phi) is 4.87. The molecule has 3 unspecified atom stereocenters. The molecule has 0 saturated heterocycles. The van der Waals surface area contributed by atoms with Gasteiger partial charge >= 0.3 is 0 Å². The summed E-state index contributed by atoms with van der Waals surface area (Å²) in [7, 11) is 2.15. The van der Waals surface area contributed by atoms with Gasteiger partial charge in [0, 0.05) is 18.1 Å². The van der Waals surface area contributed by atoms with Crippen LogP contribution in [0.1, 0.15) is 58.8 Å². The molecule has 2 rings (SSSR count). The van der Waals surface area contributed by atoms with E-state index in [1.165, 1.54) is 51.5 Å². The highest BCUT2D eigenvalue weighted by atomic mass is 15.2. The van der Waals surface area contributed by atoms with E-state index in [9.17, 15) is 0 Å². The van der Waals surface area contributed by atoms with E-state index in [1.807, 2.05) is 0 Å². The van der Waals surface area contributed by atoms with E-state index in [4.69, 9.17) is 0 Å². The van der Waals surface area contributed by atoms with Crippen molar-refractivity contribution in [3.8, 4) is 0 Å². The Hall–Kier alpha value is -0.0800. The molecule has 100 valence electrons. The first kappa shape index (κ1) is 13.4. The van der Waals surface area contributed by atoms with Crippen LogP contribution in [0.15, 0.2) is 0 Å². The third-order valence-corrected chi connectivity index (χ3v) is 4.66. The predicted molar refractivity (Wildman–Crippen MR) is 74.3 cm³/mol. The maximum absolute atomic E-state index is 3.57. The quantitative estimate of drug-likeness (QED) is 0.765. The molecule has 0 aromatic heterocycles. The molecule has 2 aliphatic rings. The van der Waals surface area contributed by atoms with Crippen LogP contribution in [0, 0.1) is 5.92 Å². The molecule has 0 bridgehead atoms. The molecule has 2 nitrogen and oxygen atoms in total. The Morgan fingerprint density at radius 2 is 1.94 bits per heavy atom. The van der Waals surface area contributed by atoms with Gasteiger partial charge in [-0.3, -0.25) is 4.90 Å². The van der Waals surface area contributed by atoms with Crippen molar-refractivity contribution in [3.05, 3.63) is 0 Å².